The quantitative estimate of drug-likeness (QED) is 0.908. The fourth-order valence-corrected chi connectivity index (χ4v) is 2.27. The van der Waals surface area contributed by atoms with Crippen LogP contribution >= 0.6 is 0 Å². The minimum atomic E-state index is -0.491. The molecule has 1 aromatic rings. The van der Waals surface area contributed by atoms with E-state index in [2.05, 4.69) is 10.2 Å². The molecule has 1 saturated heterocycles. The van der Waals surface area contributed by atoms with Crippen molar-refractivity contribution in [1.82, 2.24) is 15.1 Å². The largest absolute Gasteiger partial charge is 0.445 e. The number of likely N-dealkylation sites (N-methyl/N-ethyl adjacent to an activating group) is 1. The molecule has 0 atom stereocenters. The number of nitrogens with one attached hydrogen (secondary N) is 1. The molecule has 23 heavy (non-hydrogen) atoms. The minimum absolute atomic E-state index is 0.141. The van der Waals surface area contributed by atoms with Gasteiger partial charge in [0.15, 0.2) is 0 Å². The molecule has 1 N–H and O–H groups in total. The van der Waals surface area contributed by atoms with Crippen LogP contribution in [0.3, 0.4) is 0 Å². The molecule has 0 aromatic heterocycles. The predicted octanol–water partition coefficient (Wildman–Crippen LogP) is 1.43. The van der Waals surface area contributed by atoms with E-state index in [0.29, 0.717) is 13.1 Å². The van der Waals surface area contributed by atoms with Crippen LogP contribution in [0.1, 0.15) is 11.1 Å². The lowest BCUT2D eigenvalue weighted by Gasteiger charge is -2.31. The third-order valence-electron chi connectivity index (χ3n) is 3.79. The average Bonchev–Trinajstić information content (AvgIpc) is 2.58. The Labute approximate surface area is 136 Å². The van der Waals surface area contributed by atoms with Gasteiger partial charge in [0.25, 0.3) is 0 Å². The maximum atomic E-state index is 12.1. The summed E-state index contributed by atoms with van der Waals surface area (Å²) in [4.78, 5) is 27.1. The van der Waals surface area contributed by atoms with Crippen molar-refractivity contribution in [1.29, 1.82) is 0 Å². The zero-order valence-electron chi connectivity index (χ0n) is 13.6. The normalized spacial score (nSPS) is 15.1. The van der Waals surface area contributed by atoms with Gasteiger partial charge in [-0.1, -0.05) is 24.3 Å². The fraction of sp³-hybridized carbons (Fsp3) is 0.500. The van der Waals surface area contributed by atoms with Crippen molar-refractivity contribution in [2.75, 3.05) is 40.3 Å². The van der Waals surface area contributed by atoms with Crippen LogP contribution in [0.5, 0.6) is 0 Å². The Balaban J connectivity index is 1.87. The van der Waals surface area contributed by atoms with Crippen molar-refractivity contribution in [2.45, 2.75) is 13.2 Å². The lowest BCUT2D eigenvalue weighted by Crippen LogP contribution is -2.47. The molecule has 0 bridgehead atoms. The molecule has 1 heterocycles. The van der Waals surface area contributed by atoms with Gasteiger partial charge in [-0.2, -0.15) is 0 Å². The molecule has 1 aliphatic heterocycles. The molecule has 2 amide bonds. The zero-order valence-corrected chi connectivity index (χ0v) is 13.6. The zero-order chi connectivity index (χ0) is 16.7. The number of carbonyl (C=O) groups is 2. The van der Waals surface area contributed by atoms with E-state index >= 15 is 0 Å². The predicted molar refractivity (Wildman–Crippen MR) is 84.9 cm³/mol. The summed E-state index contributed by atoms with van der Waals surface area (Å²) in [6.45, 7) is 3.37. The fourth-order valence-electron chi connectivity index (χ4n) is 2.27. The van der Waals surface area contributed by atoms with Gasteiger partial charge in [0.1, 0.15) is 13.2 Å². The lowest BCUT2D eigenvalue weighted by molar-refractivity contribution is 0.0761. The number of hydrogen-bond acceptors (Lipinski definition) is 5. The number of alkyl carbamates (subject to hydrolysis) is 1. The van der Waals surface area contributed by atoms with E-state index in [1.165, 1.54) is 7.05 Å². The minimum Gasteiger partial charge on any atom is -0.445 e. The van der Waals surface area contributed by atoms with Crippen molar-refractivity contribution in [3.8, 4) is 0 Å². The van der Waals surface area contributed by atoms with Gasteiger partial charge in [0.05, 0.1) is 0 Å². The third kappa shape index (κ3) is 5.14. The van der Waals surface area contributed by atoms with Crippen LogP contribution in [0.15, 0.2) is 24.3 Å². The number of benzene rings is 1. The number of piperazine rings is 1. The van der Waals surface area contributed by atoms with Crippen LogP contribution in [0, 0.1) is 0 Å². The highest BCUT2D eigenvalue weighted by molar-refractivity contribution is 5.68. The van der Waals surface area contributed by atoms with Gasteiger partial charge in [-0.3, -0.25) is 0 Å². The van der Waals surface area contributed by atoms with Crippen LogP contribution in [0.25, 0.3) is 0 Å². The Morgan fingerprint density at radius 3 is 2.17 bits per heavy atom. The molecule has 0 unspecified atom stereocenters. The van der Waals surface area contributed by atoms with Crippen LogP contribution < -0.4 is 5.32 Å². The summed E-state index contributed by atoms with van der Waals surface area (Å²) >= 11 is 0. The third-order valence-corrected chi connectivity index (χ3v) is 3.79. The number of carbonyl (C=O) groups excluding carboxylic acids is 2. The van der Waals surface area contributed by atoms with Crippen molar-refractivity contribution in [2.24, 2.45) is 0 Å². The van der Waals surface area contributed by atoms with Crippen LogP contribution in [-0.2, 0) is 22.7 Å². The number of hydrogen-bond donors (Lipinski definition) is 1. The summed E-state index contributed by atoms with van der Waals surface area (Å²) in [5, 5.41) is 2.39. The molecule has 0 saturated carbocycles. The Kier molecular flexibility index (Phi) is 6.22. The van der Waals surface area contributed by atoms with Gasteiger partial charge in [-0.25, -0.2) is 9.59 Å². The van der Waals surface area contributed by atoms with E-state index in [-0.39, 0.29) is 19.3 Å². The molecular formula is C16H23N3O4. The first-order valence-electron chi connectivity index (χ1n) is 7.61. The summed E-state index contributed by atoms with van der Waals surface area (Å²) in [7, 11) is 3.54. The molecule has 1 fully saturated rings. The average molecular weight is 321 g/mol. The first-order valence-corrected chi connectivity index (χ1v) is 7.61. The van der Waals surface area contributed by atoms with E-state index in [0.717, 1.165) is 24.2 Å². The number of amides is 2. The molecule has 0 radical (unpaired) electrons. The second-order valence-corrected chi connectivity index (χ2v) is 5.44. The van der Waals surface area contributed by atoms with Gasteiger partial charge in [-0.15, -0.1) is 0 Å². The Bertz CT molecular complexity index is 542. The molecule has 7 heteroatoms. The maximum Gasteiger partial charge on any atom is 0.410 e. The highest BCUT2D eigenvalue weighted by Gasteiger charge is 2.20. The summed E-state index contributed by atoms with van der Waals surface area (Å²) in [6, 6.07) is 7.43. The smallest absolute Gasteiger partial charge is 0.410 e. The van der Waals surface area contributed by atoms with Gasteiger partial charge >= 0.3 is 12.2 Å². The van der Waals surface area contributed by atoms with Crippen molar-refractivity contribution in [3.05, 3.63) is 35.4 Å². The Morgan fingerprint density at radius 2 is 1.61 bits per heavy atom. The van der Waals surface area contributed by atoms with Crippen LogP contribution in [0.4, 0.5) is 9.59 Å². The molecule has 126 valence electrons. The monoisotopic (exact) mass is 321 g/mol. The topological polar surface area (TPSA) is 71.1 Å². The Morgan fingerprint density at radius 1 is 1.04 bits per heavy atom. The van der Waals surface area contributed by atoms with E-state index in [1.54, 1.807) is 4.90 Å². The van der Waals surface area contributed by atoms with E-state index in [4.69, 9.17) is 9.47 Å². The van der Waals surface area contributed by atoms with Crippen LogP contribution in [-0.4, -0.2) is 62.3 Å². The van der Waals surface area contributed by atoms with Gasteiger partial charge in [0.2, 0.25) is 0 Å². The number of rotatable bonds is 4. The van der Waals surface area contributed by atoms with E-state index in [1.807, 2.05) is 31.3 Å². The highest BCUT2D eigenvalue weighted by atomic mass is 16.6. The van der Waals surface area contributed by atoms with Crippen molar-refractivity contribution >= 4 is 12.2 Å². The molecule has 1 aliphatic rings. The standard InChI is InChI=1S/C16H23N3O4/c1-17-15(20)22-11-13-5-3-4-6-14(13)12-23-16(21)19-9-7-18(2)8-10-19/h3-6H,7-12H2,1-2H3,(H,17,20). The highest BCUT2D eigenvalue weighted by Crippen LogP contribution is 2.13. The summed E-state index contributed by atoms with van der Waals surface area (Å²) in [5.74, 6) is 0. The van der Waals surface area contributed by atoms with Crippen molar-refractivity contribution in [3.63, 3.8) is 0 Å². The molecule has 1 aromatic carbocycles. The van der Waals surface area contributed by atoms with Gasteiger partial charge in [-0.05, 0) is 18.2 Å². The summed E-state index contributed by atoms with van der Waals surface area (Å²) < 4.78 is 10.4. The first-order chi connectivity index (χ1) is 11.1. The maximum absolute atomic E-state index is 12.1. The second kappa shape index (κ2) is 8.38. The number of ether oxygens (including phenoxy) is 2. The molecule has 2 rings (SSSR count). The van der Waals surface area contributed by atoms with E-state index < -0.39 is 6.09 Å². The number of nitrogens with zero attached hydrogens (tertiary/aromatic N) is 2. The summed E-state index contributed by atoms with van der Waals surface area (Å²) in [5.41, 5.74) is 1.65. The lowest BCUT2D eigenvalue weighted by atomic mass is 10.1. The van der Waals surface area contributed by atoms with Gasteiger partial charge in [0, 0.05) is 33.2 Å². The van der Waals surface area contributed by atoms with E-state index in [9.17, 15) is 9.59 Å². The molecule has 0 aliphatic carbocycles. The first kappa shape index (κ1) is 17.1. The molecule has 0 spiro atoms. The second-order valence-electron chi connectivity index (χ2n) is 5.44. The molecular weight excluding hydrogens is 298 g/mol. The Hall–Kier alpha value is -2.28. The van der Waals surface area contributed by atoms with Crippen molar-refractivity contribution < 1.29 is 19.1 Å². The van der Waals surface area contributed by atoms with Gasteiger partial charge < -0.3 is 24.6 Å². The molecule has 7 nitrogen and oxygen atoms in total. The SMILES string of the molecule is CNC(=O)OCc1ccccc1COC(=O)N1CCN(C)CC1. The van der Waals surface area contributed by atoms with Crippen LogP contribution in [0.2, 0.25) is 0 Å². The summed E-state index contributed by atoms with van der Waals surface area (Å²) in [6.07, 6.45) is -0.797.